The van der Waals surface area contributed by atoms with Gasteiger partial charge >= 0.3 is 0 Å². The predicted molar refractivity (Wildman–Crippen MR) is 83.5 cm³/mol. The van der Waals surface area contributed by atoms with Crippen molar-refractivity contribution in [1.29, 1.82) is 0 Å². The van der Waals surface area contributed by atoms with Crippen molar-refractivity contribution in [2.75, 3.05) is 0 Å². The summed E-state index contributed by atoms with van der Waals surface area (Å²) in [6, 6.07) is 12.3. The van der Waals surface area contributed by atoms with Crippen LogP contribution in [0.25, 0.3) is 10.8 Å². The van der Waals surface area contributed by atoms with E-state index >= 15 is 0 Å². The highest BCUT2D eigenvalue weighted by Crippen LogP contribution is 2.24. The molecule has 0 radical (unpaired) electrons. The van der Waals surface area contributed by atoms with Crippen molar-refractivity contribution < 1.29 is 0 Å². The number of fused-ring (bicyclic) bond motifs is 1. The molecular weight excluding hydrogens is 262 g/mol. The summed E-state index contributed by atoms with van der Waals surface area (Å²) in [5.74, 6) is 5.78. The molecule has 0 fully saturated rings. The van der Waals surface area contributed by atoms with Crippen LogP contribution in [-0.4, -0.2) is 14.8 Å². The maximum absolute atomic E-state index is 5.78. The molecule has 0 aliphatic carbocycles. The summed E-state index contributed by atoms with van der Waals surface area (Å²) in [6.07, 6.45) is 2.57. The fourth-order valence-electron chi connectivity index (χ4n) is 2.72. The van der Waals surface area contributed by atoms with Crippen molar-refractivity contribution in [3.05, 3.63) is 59.7 Å². The predicted octanol–water partition coefficient (Wildman–Crippen LogP) is 2.02. The van der Waals surface area contributed by atoms with Crippen molar-refractivity contribution in [1.82, 2.24) is 20.2 Å². The van der Waals surface area contributed by atoms with E-state index in [4.69, 9.17) is 5.84 Å². The first-order valence-corrected chi connectivity index (χ1v) is 6.98. The van der Waals surface area contributed by atoms with Crippen molar-refractivity contribution in [2.24, 2.45) is 12.9 Å². The van der Waals surface area contributed by atoms with Gasteiger partial charge in [-0.2, -0.15) is 5.10 Å². The molecule has 0 bridgehead atoms. The summed E-state index contributed by atoms with van der Waals surface area (Å²) < 4.78 is 1.89. The van der Waals surface area contributed by atoms with Gasteiger partial charge in [-0.25, -0.2) is 0 Å². The van der Waals surface area contributed by atoms with E-state index < -0.39 is 0 Å². The van der Waals surface area contributed by atoms with Crippen LogP contribution in [0.1, 0.15) is 23.1 Å². The molecule has 5 heteroatoms. The quantitative estimate of drug-likeness (QED) is 0.567. The lowest BCUT2D eigenvalue weighted by Crippen LogP contribution is -2.31. The van der Waals surface area contributed by atoms with Gasteiger partial charge < -0.3 is 0 Å². The van der Waals surface area contributed by atoms with Gasteiger partial charge in [-0.15, -0.1) is 0 Å². The number of hydrogen-bond acceptors (Lipinski definition) is 4. The first-order chi connectivity index (χ1) is 10.2. The third-order valence-electron chi connectivity index (χ3n) is 3.75. The van der Waals surface area contributed by atoms with Gasteiger partial charge in [-0.1, -0.05) is 24.3 Å². The topological polar surface area (TPSA) is 68.8 Å². The smallest absolute Gasteiger partial charge is 0.0693 e. The van der Waals surface area contributed by atoms with E-state index in [9.17, 15) is 0 Å². The van der Waals surface area contributed by atoms with Crippen molar-refractivity contribution in [3.63, 3.8) is 0 Å². The average Bonchev–Trinajstić information content (AvgIpc) is 2.82. The molecule has 108 valence electrons. The highest BCUT2D eigenvalue weighted by Gasteiger charge is 2.17. The van der Waals surface area contributed by atoms with Crippen LogP contribution in [0.2, 0.25) is 0 Å². The Morgan fingerprint density at radius 1 is 1.29 bits per heavy atom. The zero-order valence-corrected chi connectivity index (χ0v) is 12.2. The van der Waals surface area contributed by atoms with Crippen molar-refractivity contribution in [3.8, 4) is 0 Å². The van der Waals surface area contributed by atoms with E-state index in [1.807, 2.05) is 43.0 Å². The first-order valence-electron chi connectivity index (χ1n) is 6.98. The molecule has 3 aromatic rings. The molecule has 2 heterocycles. The summed E-state index contributed by atoms with van der Waals surface area (Å²) in [5.41, 5.74) is 6.00. The molecule has 0 saturated heterocycles. The monoisotopic (exact) mass is 281 g/mol. The highest BCUT2D eigenvalue weighted by molar-refractivity contribution is 5.84. The molecule has 21 heavy (non-hydrogen) atoms. The molecule has 5 nitrogen and oxygen atoms in total. The highest BCUT2D eigenvalue weighted by atomic mass is 15.3. The second-order valence-electron chi connectivity index (χ2n) is 5.24. The van der Waals surface area contributed by atoms with Crippen molar-refractivity contribution >= 4 is 10.8 Å². The van der Waals surface area contributed by atoms with Crippen LogP contribution < -0.4 is 11.3 Å². The lowest BCUT2D eigenvalue weighted by Gasteiger charge is -2.17. The Hall–Kier alpha value is -2.24. The number of aryl methyl sites for hydroxylation is 2. The number of benzene rings is 1. The minimum Gasteiger partial charge on any atom is -0.272 e. The molecule has 0 aliphatic heterocycles. The third-order valence-corrected chi connectivity index (χ3v) is 3.75. The van der Waals surface area contributed by atoms with Crippen LogP contribution in [0, 0.1) is 6.92 Å². The molecule has 1 atom stereocenters. The Morgan fingerprint density at radius 3 is 2.81 bits per heavy atom. The third kappa shape index (κ3) is 2.66. The molecule has 0 aliphatic rings. The fourth-order valence-corrected chi connectivity index (χ4v) is 2.72. The number of nitrogens with two attached hydrogens (primary N) is 1. The zero-order valence-electron chi connectivity index (χ0n) is 12.2. The second kappa shape index (κ2) is 5.63. The molecular formula is C16H19N5. The average molecular weight is 281 g/mol. The van der Waals surface area contributed by atoms with Gasteiger partial charge in [0.1, 0.15) is 0 Å². The molecule has 3 rings (SSSR count). The van der Waals surface area contributed by atoms with Crippen LogP contribution in [0.5, 0.6) is 0 Å². The van der Waals surface area contributed by atoms with Crippen LogP contribution in [0.3, 0.4) is 0 Å². The molecule has 1 aromatic carbocycles. The van der Waals surface area contributed by atoms with Crippen LogP contribution >= 0.6 is 0 Å². The summed E-state index contributed by atoms with van der Waals surface area (Å²) >= 11 is 0. The number of nitrogens with one attached hydrogen (secondary N) is 1. The van der Waals surface area contributed by atoms with Crippen LogP contribution in [0.15, 0.2) is 42.6 Å². The maximum Gasteiger partial charge on any atom is 0.0693 e. The Bertz CT molecular complexity index is 757. The van der Waals surface area contributed by atoms with E-state index in [0.29, 0.717) is 0 Å². The SMILES string of the molecule is Cc1cc(CC(NN)c2nccc3ccccc23)n(C)n1. The molecule has 3 N–H and O–H groups in total. The standard InChI is InChI=1S/C16H19N5/c1-11-9-13(21(2)20-11)10-15(19-17)16-14-6-4-3-5-12(14)7-8-18-16/h3-9,15,19H,10,17H2,1-2H3. The lowest BCUT2D eigenvalue weighted by molar-refractivity contribution is 0.522. The molecule has 2 aromatic heterocycles. The summed E-state index contributed by atoms with van der Waals surface area (Å²) in [4.78, 5) is 4.54. The van der Waals surface area contributed by atoms with Gasteiger partial charge in [-0.05, 0) is 24.4 Å². The van der Waals surface area contributed by atoms with Crippen molar-refractivity contribution in [2.45, 2.75) is 19.4 Å². The van der Waals surface area contributed by atoms with Crippen LogP contribution in [-0.2, 0) is 13.5 Å². The Balaban J connectivity index is 2.00. The van der Waals surface area contributed by atoms with E-state index in [0.717, 1.165) is 28.9 Å². The second-order valence-corrected chi connectivity index (χ2v) is 5.24. The molecule has 0 spiro atoms. The van der Waals surface area contributed by atoms with E-state index in [1.54, 1.807) is 0 Å². The molecule has 0 amide bonds. The minimum absolute atomic E-state index is 0.0501. The Labute approximate surface area is 123 Å². The molecule has 0 saturated carbocycles. The minimum atomic E-state index is -0.0501. The number of nitrogens with zero attached hydrogens (tertiary/aromatic N) is 3. The number of pyridine rings is 1. The van der Waals surface area contributed by atoms with E-state index in [1.165, 1.54) is 5.39 Å². The summed E-state index contributed by atoms with van der Waals surface area (Å²) in [5, 5.41) is 6.68. The summed E-state index contributed by atoms with van der Waals surface area (Å²) in [7, 11) is 1.95. The van der Waals surface area contributed by atoms with Gasteiger partial charge in [0, 0.05) is 30.7 Å². The lowest BCUT2D eigenvalue weighted by atomic mass is 10.0. The summed E-state index contributed by atoms with van der Waals surface area (Å²) in [6.45, 7) is 1.99. The van der Waals surface area contributed by atoms with Gasteiger partial charge in [0.05, 0.1) is 17.4 Å². The normalized spacial score (nSPS) is 12.7. The van der Waals surface area contributed by atoms with Gasteiger partial charge in [0.25, 0.3) is 0 Å². The van der Waals surface area contributed by atoms with E-state index in [2.05, 4.69) is 33.7 Å². The van der Waals surface area contributed by atoms with Gasteiger partial charge in [0.15, 0.2) is 0 Å². The Morgan fingerprint density at radius 2 is 2.10 bits per heavy atom. The zero-order chi connectivity index (χ0) is 14.8. The number of aromatic nitrogens is 3. The number of hydrogen-bond donors (Lipinski definition) is 2. The maximum atomic E-state index is 5.78. The Kier molecular flexibility index (Phi) is 3.68. The first kappa shape index (κ1) is 13.7. The van der Waals surface area contributed by atoms with Gasteiger partial charge in [0.2, 0.25) is 0 Å². The number of hydrazine groups is 1. The fraction of sp³-hybridized carbons (Fsp3) is 0.250. The van der Waals surface area contributed by atoms with E-state index in [-0.39, 0.29) is 6.04 Å². The van der Waals surface area contributed by atoms with Crippen LogP contribution in [0.4, 0.5) is 0 Å². The number of rotatable bonds is 4. The molecule has 1 unspecified atom stereocenters. The van der Waals surface area contributed by atoms with Gasteiger partial charge in [-0.3, -0.25) is 20.9 Å². The largest absolute Gasteiger partial charge is 0.272 e.